The van der Waals surface area contributed by atoms with Crippen molar-refractivity contribution in [2.75, 3.05) is 19.3 Å². The van der Waals surface area contributed by atoms with Gasteiger partial charge in [-0.2, -0.15) is 4.99 Å². The van der Waals surface area contributed by atoms with Gasteiger partial charge in [-0.25, -0.2) is 12.7 Å². The molecule has 1 fully saturated rings. The Morgan fingerprint density at radius 3 is 2.68 bits per heavy atom. The fourth-order valence-electron chi connectivity index (χ4n) is 3.19. The molecule has 1 aliphatic rings. The molecule has 9 nitrogen and oxygen atoms in total. The summed E-state index contributed by atoms with van der Waals surface area (Å²) in [6.07, 6.45) is 3.68. The van der Waals surface area contributed by atoms with Gasteiger partial charge in [0, 0.05) is 37.7 Å². The molecule has 28 heavy (non-hydrogen) atoms. The highest BCUT2D eigenvalue weighted by Crippen LogP contribution is 2.24. The zero-order chi connectivity index (χ0) is 20.5. The number of carbonyl (C=O) groups is 1. The summed E-state index contributed by atoms with van der Waals surface area (Å²) in [5.41, 5.74) is 0.722. The summed E-state index contributed by atoms with van der Waals surface area (Å²) in [6.45, 7) is 4.73. The molecular weight excluding hydrogens is 404 g/mol. The number of nitro groups is 1. The van der Waals surface area contributed by atoms with E-state index < -0.39 is 14.9 Å². The molecule has 150 valence electrons. The van der Waals surface area contributed by atoms with Crippen LogP contribution in [0.5, 0.6) is 0 Å². The maximum Gasteiger partial charge on any atom is 0.270 e. The van der Waals surface area contributed by atoms with Crippen LogP contribution >= 0.6 is 11.3 Å². The monoisotopic (exact) mass is 424 g/mol. The number of hydrogen-bond donors (Lipinski definition) is 0. The van der Waals surface area contributed by atoms with Crippen LogP contribution in [-0.4, -0.2) is 47.5 Å². The van der Waals surface area contributed by atoms with Crippen molar-refractivity contribution >= 4 is 43.2 Å². The summed E-state index contributed by atoms with van der Waals surface area (Å²) in [6, 6.07) is 4.52. The van der Waals surface area contributed by atoms with Crippen molar-refractivity contribution < 1.29 is 18.1 Å². The van der Waals surface area contributed by atoms with E-state index in [-0.39, 0.29) is 17.5 Å². The fourth-order valence-corrected chi connectivity index (χ4v) is 5.14. The fraction of sp³-hybridized carbons (Fsp3) is 0.412. The topological polar surface area (TPSA) is 115 Å². The zero-order valence-electron chi connectivity index (χ0n) is 15.3. The number of carbonyl (C=O) groups excluding carboxylic acids is 1. The quantitative estimate of drug-likeness (QED) is 0.413. The molecule has 0 radical (unpaired) electrons. The number of allylic oxidation sites excluding steroid dienone is 1. The number of amides is 1. The Morgan fingerprint density at radius 1 is 1.43 bits per heavy atom. The number of sulfonamides is 1. The van der Waals surface area contributed by atoms with Crippen LogP contribution in [0.4, 0.5) is 5.69 Å². The van der Waals surface area contributed by atoms with Crippen LogP contribution in [0.25, 0.3) is 10.2 Å². The molecule has 0 N–H and O–H groups in total. The minimum Gasteiger partial charge on any atom is -0.312 e. The maximum absolute atomic E-state index is 12.7. The summed E-state index contributed by atoms with van der Waals surface area (Å²) in [5, 5.41) is 11.0. The molecule has 1 aliphatic heterocycles. The van der Waals surface area contributed by atoms with Gasteiger partial charge in [0.25, 0.3) is 11.6 Å². The first-order valence-corrected chi connectivity index (χ1v) is 11.3. The lowest BCUT2D eigenvalue weighted by molar-refractivity contribution is -0.384. The van der Waals surface area contributed by atoms with Gasteiger partial charge >= 0.3 is 0 Å². The first kappa shape index (κ1) is 20.4. The lowest BCUT2D eigenvalue weighted by Gasteiger charge is -2.28. The highest BCUT2D eigenvalue weighted by atomic mass is 32.2. The number of aromatic nitrogens is 1. The third-order valence-electron chi connectivity index (χ3n) is 4.67. The van der Waals surface area contributed by atoms with Crippen LogP contribution in [-0.2, 0) is 21.4 Å². The first-order valence-electron chi connectivity index (χ1n) is 8.63. The summed E-state index contributed by atoms with van der Waals surface area (Å²) in [5.74, 6) is -0.637. The largest absolute Gasteiger partial charge is 0.312 e. The molecule has 2 aromatic rings. The van der Waals surface area contributed by atoms with Gasteiger partial charge in [-0.05, 0) is 18.9 Å². The van der Waals surface area contributed by atoms with Crippen molar-refractivity contribution in [3.8, 4) is 0 Å². The van der Waals surface area contributed by atoms with Crippen LogP contribution in [0.1, 0.15) is 12.8 Å². The van der Waals surface area contributed by atoms with Crippen molar-refractivity contribution in [3.05, 3.63) is 45.8 Å². The van der Waals surface area contributed by atoms with Crippen LogP contribution in [0.15, 0.2) is 35.8 Å². The second kappa shape index (κ2) is 7.94. The lowest BCUT2D eigenvalue weighted by atomic mass is 9.98. The lowest BCUT2D eigenvalue weighted by Crippen LogP contribution is -2.39. The van der Waals surface area contributed by atoms with E-state index >= 15 is 0 Å². The van der Waals surface area contributed by atoms with E-state index in [0.717, 1.165) is 11.8 Å². The minimum absolute atomic E-state index is 0.0227. The molecule has 0 atom stereocenters. The molecule has 0 saturated carbocycles. The van der Waals surface area contributed by atoms with Gasteiger partial charge in [-0.1, -0.05) is 17.4 Å². The number of hydrogen-bond acceptors (Lipinski definition) is 6. The molecule has 0 unspecified atom stereocenters. The molecule has 1 saturated heterocycles. The van der Waals surface area contributed by atoms with Gasteiger partial charge in [-0.15, -0.1) is 6.58 Å². The van der Waals surface area contributed by atoms with Gasteiger partial charge in [0.2, 0.25) is 10.0 Å². The summed E-state index contributed by atoms with van der Waals surface area (Å²) < 4.78 is 27.0. The average molecular weight is 425 g/mol. The number of nitrogens with zero attached hydrogens (tertiary/aromatic N) is 4. The average Bonchev–Trinajstić information content (AvgIpc) is 2.98. The Morgan fingerprint density at radius 2 is 2.11 bits per heavy atom. The Hall–Kier alpha value is -2.37. The molecular formula is C17H20N4O5S2. The van der Waals surface area contributed by atoms with E-state index in [1.165, 1.54) is 27.8 Å². The molecule has 0 bridgehead atoms. The Kier molecular flexibility index (Phi) is 5.77. The predicted octanol–water partition coefficient (Wildman–Crippen LogP) is 1.90. The zero-order valence-corrected chi connectivity index (χ0v) is 16.9. The third kappa shape index (κ3) is 4.21. The number of benzene rings is 1. The number of non-ortho nitro benzene ring substituents is 1. The van der Waals surface area contributed by atoms with E-state index in [4.69, 9.17) is 0 Å². The van der Waals surface area contributed by atoms with Crippen molar-refractivity contribution in [1.82, 2.24) is 8.87 Å². The maximum atomic E-state index is 12.7. The predicted molar refractivity (Wildman–Crippen MR) is 106 cm³/mol. The van der Waals surface area contributed by atoms with E-state index in [0.29, 0.717) is 42.0 Å². The number of thiazole rings is 1. The normalized spacial score (nSPS) is 17.1. The molecule has 2 heterocycles. The van der Waals surface area contributed by atoms with Crippen molar-refractivity contribution in [2.24, 2.45) is 10.9 Å². The molecule has 1 amide bonds. The van der Waals surface area contributed by atoms with Crippen LogP contribution in [0.2, 0.25) is 0 Å². The molecule has 1 aromatic heterocycles. The van der Waals surface area contributed by atoms with Crippen molar-refractivity contribution in [1.29, 1.82) is 0 Å². The molecule has 0 aliphatic carbocycles. The van der Waals surface area contributed by atoms with E-state index in [1.54, 1.807) is 16.7 Å². The van der Waals surface area contributed by atoms with Gasteiger partial charge in [0.15, 0.2) is 4.80 Å². The first-order chi connectivity index (χ1) is 13.2. The minimum atomic E-state index is -3.25. The van der Waals surface area contributed by atoms with Gasteiger partial charge < -0.3 is 4.57 Å². The van der Waals surface area contributed by atoms with E-state index in [9.17, 15) is 23.3 Å². The number of piperidine rings is 1. The number of rotatable bonds is 5. The molecule has 3 rings (SSSR count). The summed E-state index contributed by atoms with van der Waals surface area (Å²) in [4.78, 5) is 27.9. The second-order valence-corrected chi connectivity index (χ2v) is 9.57. The Labute approximate surface area is 165 Å². The van der Waals surface area contributed by atoms with Crippen LogP contribution in [0, 0.1) is 16.0 Å². The van der Waals surface area contributed by atoms with Gasteiger partial charge in [0.05, 0.1) is 21.4 Å². The molecule has 11 heteroatoms. The van der Waals surface area contributed by atoms with Crippen molar-refractivity contribution in [3.63, 3.8) is 0 Å². The van der Waals surface area contributed by atoms with Crippen molar-refractivity contribution in [2.45, 2.75) is 19.4 Å². The van der Waals surface area contributed by atoms with Crippen LogP contribution < -0.4 is 4.80 Å². The second-order valence-electron chi connectivity index (χ2n) is 6.58. The Bertz CT molecular complexity index is 1110. The van der Waals surface area contributed by atoms with Crippen LogP contribution in [0.3, 0.4) is 0 Å². The van der Waals surface area contributed by atoms with E-state index in [1.807, 2.05) is 0 Å². The van der Waals surface area contributed by atoms with Gasteiger partial charge in [0.1, 0.15) is 0 Å². The smallest absolute Gasteiger partial charge is 0.270 e. The highest BCUT2D eigenvalue weighted by molar-refractivity contribution is 7.88. The summed E-state index contributed by atoms with van der Waals surface area (Å²) in [7, 11) is -3.25. The Balaban J connectivity index is 1.92. The van der Waals surface area contributed by atoms with Gasteiger partial charge in [-0.3, -0.25) is 14.9 Å². The SMILES string of the molecule is C=CCn1c(=NC(=O)C2CCN(S(C)(=O)=O)CC2)sc2cc([N+](=O)[O-])ccc21. The number of fused-ring (bicyclic) bond motifs is 1. The molecule has 1 aromatic carbocycles. The standard InChI is InChI=1S/C17H20N4O5S2/c1-3-8-20-14-5-4-13(21(23)24)11-15(14)27-17(20)18-16(22)12-6-9-19(10-7-12)28(2,25)26/h3-5,11-12H,1,6-10H2,2H3. The number of nitro benzene ring substituents is 1. The third-order valence-corrected chi connectivity index (χ3v) is 7.01. The van der Waals surface area contributed by atoms with E-state index in [2.05, 4.69) is 11.6 Å². The summed E-state index contributed by atoms with van der Waals surface area (Å²) >= 11 is 1.21. The highest BCUT2D eigenvalue weighted by Gasteiger charge is 2.29. The molecule has 0 spiro atoms.